The Bertz CT molecular complexity index is 812. The van der Waals surface area contributed by atoms with Gasteiger partial charge in [-0.25, -0.2) is 4.98 Å². The van der Waals surface area contributed by atoms with Gasteiger partial charge < -0.3 is 10.1 Å². The smallest absolute Gasteiger partial charge is 0.257 e. The number of carbonyl (C=O) groups excluding carboxylic acids is 1. The Morgan fingerprint density at radius 3 is 2.88 bits per heavy atom. The molecule has 1 atom stereocenters. The van der Waals surface area contributed by atoms with Crippen molar-refractivity contribution in [3.05, 3.63) is 53.2 Å². The van der Waals surface area contributed by atoms with E-state index in [1.807, 2.05) is 30.3 Å². The van der Waals surface area contributed by atoms with Gasteiger partial charge in [0.2, 0.25) is 0 Å². The minimum absolute atomic E-state index is 0.212. The number of ether oxygens (including phenoxy) is 1. The number of pyridine rings is 1. The Labute approximate surface area is 157 Å². The standard InChI is InChI=1S/C20H21N3O2S/c1-14-18(19(24)23-16-7-3-2-4-8-16)11-15(12-21)20(22-14)26-13-17-9-5-6-10-25-17/h2-4,7-8,11,17H,5-6,9-10,13H2,1H3,(H,23,24)/t17-/m0/s1. The Morgan fingerprint density at radius 2 is 2.19 bits per heavy atom. The Hall–Kier alpha value is -2.36. The molecule has 0 radical (unpaired) electrons. The van der Waals surface area contributed by atoms with Crippen LogP contribution in [0.2, 0.25) is 0 Å². The lowest BCUT2D eigenvalue weighted by Gasteiger charge is -2.22. The lowest BCUT2D eigenvalue weighted by atomic mass is 10.1. The summed E-state index contributed by atoms with van der Waals surface area (Å²) in [4.78, 5) is 17.0. The van der Waals surface area contributed by atoms with Gasteiger partial charge in [0.15, 0.2) is 0 Å². The summed E-state index contributed by atoms with van der Waals surface area (Å²) in [5.41, 5.74) is 2.17. The van der Waals surface area contributed by atoms with E-state index in [2.05, 4.69) is 16.4 Å². The van der Waals surface area contributed by atoms with Crippen molar-refractivity contribution in [2.75, 3.05) is 17.7 Å². The molecule has 1 aliphatic rings. The molecule has 1 fully saturated rings. The molecule has 1 aromatic carbocycles. The zero-order valence-electron chi connectivity index (χ0n) is 14.7. The van der Waals surface area contributed by atoms with Gasteiger partial charge in [-0.1, -0.05) is 18.2 Å². The topological polar surface area (TPSA) is 75.0 Å². The van der Waals surface area contributed by atoms with Gasteiger partial charge in [-0.05, 0) is 44.4 Å². The molecular weight excluding hydrogens is 346 g/mol. The fourth-order valence-electron chi connectivity index (χ4n) is 2.83. The molecule has 6 heteroatoms. The van der Waals surface area contributed by atoms with Crippen LogP contribution in [0.5, 0.6) is 0 Å². The van der Waals surface area contributed by atoms with E-state index < -0.39 is 0 Å². The molecule has 0 bridgehead atoms. The Morgan fingerprint density at radius 1 is 1.38 bits per heavy atom. The van der Waals surface area contributed by atoms with Gasteiger partial charge >= 0.3 is 0 Å². The van der Waals surface area contributed by atoms with Crippen molar-refractivity contribution >= 4 is 23.4 Å². The van der Waals surface area contributed by atoms with Crippen molar-refractivity contribution in [2.24, 2.45) is 0 Å². The van der Waals surface area contributed by atoms with Crippen molar-refractivity contribution in [3.8, 4) is 6.07 Å². The third-order valence-electron chi connectivity index (χ3n) is 4.25. The Balaban J connectivity index is 1.74. The number of amides is 1. The molecule has 1 saturated heterocycles. The number of aryl methyl sites for hydroxylation is 1. The minimum atomic E-state index is -0.259. The molecule has 0 aliphatic carbocycles. The van der Waals surface area contributed by atoms with Gasteiger partial charge in [0.05, 0.1) is 22.9 Å². The average Bonchev–Trinajstić information content (AvgIpc) is 2.68. The summed E-state index contributed by atoms with van der Waals surface area (Å²) in [5.74, 6) is 0.515. The lowest BCUT2D eigenvalue weighted by molar-refractivity contribution is 0.0315. The van der Waals surface area contributed by atoms with Crippen LogP contribution >= 0.6 is 11.8 Å². The van der Waals surface area contributed by atoms with Crippen molar-refractivity contribution in [3.63, 3.8) is 0 Å². The van der Waals surface area contributed by atoms with Crippen LogP contribution < -0.4 is 5.32 Å². The Kier molecular flexibility index (Phi) is 6.26. The maximum Gasteiger partial charge on any atom is 0.257 e. The number of rotatable bonds is 5. The number of nitrogens with zero attached hydrogens (tertiary/aromatic N) is 2. The number of benzene rings is 1. The maximum atomic E-state index is 12.5. The molecule has 1 N–H and O–H groups in total. The number of nitrogens with one attached hydrogen (secondary N) is 1. The highest BCUT2D eigenvalue weighted by Gasteiger charge is 2.18. The SMILES string of the molecule is Cc1nc(SC[C@@H]2CCCCO2)c(C#N)cc1C(=O)Nc1ccccc1. The van der Waals surface area contributed by atoms with Crippen molar-refractivity contribution < 1.29 is 9.53 Å². The second-order valence-corrected chi connectivity index (χ2v) is 7.21. The molecule has 2 heterocycles. The molecule has 26 heavy (non-hydrogen) atoms. The first-order valence-corrected chi connectivity index (χ1v) is 9.68. The van der Waals surface area contributed by atoms with Gasteiger partial charge in [0, 0.05) is 18.0 Å². The third-order valence-corrected chi connectivity index (χ3v) is 5.38. The summed E-state index contributed by atoms with van der Waals surface area (Å²) >= 11 is 1.53. The first-order chi connectivity index (χ1) is 12.7. The number of nitriles is 1. The molecule has 1 aromatic heterocycles. The summed E-state index contributed by atoms with van der Waals surface area (Å²) in [6.07, 6.45) is 3.56. The minimum Gasteiger partial charge on any atom is -0.377 e. The number of aromatic nitrogens is 1. The number of anilines is 1. The predicted octanol–water partition coefficient (Wildman–Crippen LogP) is 4.18. The lowest BCUT2D eigenvalue weighted by Crippen LogP contribution is -2.21. The largest absolute Gasteiger partial charge is 0.377 e. The molecule has 134 valence electrons. The van der Waals surface area contributed by atoms with Gasteiger partial charge in [0.1, 0.15) is 11.1 Å². The van der Waals surface area contributed by atoms with E-state index in [4.69, 9.17) is 4.74 Å². The summed E-state index contributed by atoms with van der Waals surface area (Å²) in [6.45, 7) is 2.60. The van der Waals surface area contributed by atoms with E-state index in [0.29, 0.717) is 27.5 Å². The van der Waals surface area contributed by atoms with E-state index in [1.165, 1.54) is 18.2 Å². The predicted molar refractivity (Wildman–Crippen MR) is 102 cm³/mol. The zero-order chi connectivity index (χ0) is 18.4. The maximum absolute atomic E-state index is 12.5. The van der Waals surface area contributed by atoms with Crippen LogP contribution in [0.4, 0.5) is 5.69 Å². The molecule has 0 unspecified atom stereocenters. The second-order valence-electron chi connectivity index (χ2n) is 6.21. The number of para-hydroxylation sites is 1. The molecule has 3 rings (SSSR count). The quantitative estimate of drug-likeness (QED) is 0.803. The molecule has 1 aliphatic heterocycles. The van der Waals surface area contributed by atoms with E-state index in [-0.39, 0.29) is 12.0 Å². The summed E-state index contributed by atoms with van der Waals surface area (Å²) in [7, 11) is 0. The van der Waals surface area contributed by atoms with Crippen molar-refractivity contribution in [2.45, 2.75) is 37.3 Å². The average molecular weight is 367 g/mol. The van der Waals surface area contributed by atoms with Gasteiger partial charge in [-0.3, -0.25) is 4.79 Å². The monoisotopic (exact) mass is 367 g/mol. The van der Waals surface area contributed by atoms with Gasteiger partial charge in [0.25, 0.3) is 5.91 Å². The first kappa shape index (κ1) is 18.4. The number of carbonyl (C=O) groups is 1. The van der Waals surface area contributed by atoms with Crippen LogP contribution in [0.1, 0.15) is 40.9 Å². The highest BCUT2D eigenvalue weighted by atomic mass is 32.2. The first-order valence-electron chi connectivity index (χ1n) is 8.70. The zero-order valence-corrected chi connectivity index (χ0v) is 15.5. The highest BCUT2D eigenvalue weighted by Crippen LogP contribution is 2.26. The van der Waals surface area contributed by atoms with Crippen LogP contribution in [-0.4, -0.2) is 29.4 Å². The van der Waals surface area contributed by atoms with Gasteiger partial charge in [-0.15, -0.1) is 11.8 Å². The number of hydrogen-bond acceptors (Lipinski definition) is 5. The molecule has 0 saturated carbocycles. The van der Waals surface area contributed by atoms with Crippen LogP contribution in [0.3, 0.4) is 0 Å². The van der Waals surface area contributed by atoms with Crippen LogP contribution in [-0.2, 0) is 4.74 Å². The molecule has 0 spiro atoms. The van der Waals surface area contributed by atoms with Gasteiger partial charge in [-0.2, -0.15) is 5.26 Å². The number of thioether (sulfide) groups is 1. The van der Waals surface area contributed by atoms with Crippen LogP contribution in [0.15, 0.2) is 41.4 Å². The van der Waals surface area contributed by atoms with E-state index in [1.54, 1.807) is 13.0 Å². The highest BCUT2D eigenvalue weighted by molar-refractivity contribution is 7.99. The van der Waals surface area contributed by atoms with E-state index >= 15 is 0 Å². The van der Waals surface area contributed by atoms with E-state index in [0.717, 1.165) is 25.2 Å². The van der Waals surface area contributed by atoms with Crippen molar-refractivity contribution in [1.82, 2.24) is 4.98 Å². The second kappa shape index (κ2) is 8.84. The van der Waals surface area contributed by atoms with Crippen molar-refractivity contribution in [1.29, 1.82) is 5.26 Å². The fourth-order valence-corrected chi connectivity index (χ4v) is 3.90. The number of hydrogen-bond donors (Lipinski definition) is 1. The van der Waals surface area contributed by atoms with E-state index in [9.17, 15) is 10.1 Å². The molecule has 2 aromatic rings. The van der Waals surface area contributed by atoms with Crippen LogP contribution in [0, 0.1) is 18.3 Å². The fraction of sp³-hybridized carbons (Fsp3) is 0.350. The van der Waals surface area contributed by atoms with Crippen LogP contribution in [0.25, 0.3) is 0 Å². The summed E-state index contributed by atoms with van der Waals surface area (Å²) < 4.78 is 5.74. The molecule has 5 nitrogen and oxygen atoms in total. The molecule has 1 amide bonds. The summed E-state index contributed by atoms with van der Waals surface area (Å²) in [5, 5.41) is 13.0. The third kappa shape index (κ3) is 4.63. The summed E-state index contributed by atoms with van der Waals surface area (Å²) in [6, 6.07) is 13.0. The normalized spacial score (nSPS) is 16.7. The molecular formula is C20H21N3O2S.